The van der Waals surface area contributed by atoms with Crippen molar-refractivity contribution in [1.29, 1.82) is 0 Å². The quantitative estimate of drug-likeness (QED) is 0.173. The highest BCUT2D eigenvalue weighted by molar-refractivity contribution is 9.10. The van der Waals surface area contributed by atoms with Crippen LogP contribution in [0, 0.1) is 0 Å². The normalized spacial score (nSPS) is 11.1. The van der Waals surface area contributed by atoms with Gasteiger partial charge in [0.15, 0.2) is 0 Å². The lowest BCUT2D eigenvalue weighted by atomic mass is 9.99. The first-order valence-electron chi connectivity index (χ1n) is 20.2. The number of halogens is 1. The molecule has 0 amide bonds. The van der Waals surface area contributed by atoms with E-state index in [4.69, 9.17) is 14.6 Å². The van der Waals surface area contributed by atoms with Crippen molar-refractivity contribution in [3.8, 4) is 22.3 Å². The van der Waals surface area contributed by atoms with Gasteiger partial charge in [0.2, 0.25) is 0 Å². The second-order valence-corrected chi connectivity index (χ2v) is 15.8. The van der Waals surface area contributed by atoms with Crippen LogP contribution in [0.2, 0.25) is 0 Å². The number of furan rings is 2. The van der Waals surface area contributed by atoms with Gasteiger partial charge in [-0.05, 0) is 117 Å². The first-order chi connectivity index (χ1) is 30.0. The number of nitrogen functional groups attached to an aromatic ring is 1. The molecule has 0 bridgehead atoms. The molecule has 0 saturated heterocycles. The van der Waals surface area contributed by atoms with Gasteiger partial charge in [-0.1, -0.05) is 162 Å². The van der Waals surface area contributed by atoms with Crippen LogP contribution in [0.4, 0.5) is 17.1 Å². The van der Waals surface area contributed by atoms with Crippen LogP contribution in [0.15, 0.2) is 232 Å². The fourth-order valence-corrected chi connectivity index (χ4v) is 8.40. The van der Waals surface area contributed by atoms with Gasteiger partial charge in [-0.25, -0.2) is 0 Å². The fourth-order valence-electron chi connectivity index (χ4n) is 8.02. The monoisotopic (exact) mass is 850 g/mol. The molecule has 0 spiro atoms. The smallest absolute Gasteiger partial charge is 0.136 e. The molecule has 0 fully saturated rings. The number of nitrogens with one attached hydrogen (secondary N) is 1. The molecule has 0 aliphatic heterocycles. The van der Waals surface area contributed by atoms with Crippen LogP contribution in [-0.2, 0) is 0 Å². The lowest BCUT2D eigenvalue weighted by molar-refractivity contribution is 0.668. The van der Waals surface area contributed by atoms with Crippen molar-refractivity contribution in [1.82, 2.24) is 0 Å². The van der Waals surface area contributed by atoms with Crippen molar-refractivity contribution in [2.45, 2.75) is 0 Å². The zero-order valence-corrected chi connectivity index (χ0v) is 34.6. The zero-order chi connectivity index (χ0) is 41.1. The molecule has 0 radical (unpaired) electrons. The van der Waals surface area contributed by atoms with E-state index < -0.39 is 0 Å². The van der Waals surface area contributed by atoms with E-state index in [-0.39, 0.29) is 0 Å². The van der Waals surface area contributed by atoms with Crippen LogP contribution in [0.25, 0.3) is 87.7 Å². The van der Waals surface area contributed by atoms with Gasteiger partial charge in [-0.2, -0.15) is 0 Å². The Morgan fingerprint density at radius 3 is 1.38 bits per heavy atom. The van der Waals surface area contributed by atoms with Crippen LogP contribution in [-0.4, -0.2) is 0 Å². The van der Waals surface area contributed by atoms with Crippen LogP contribution in [0.1, 0.15) is 0 Å². The summed E-state index contributed by atoms with van der Waals surface area (Å²) in [5.41, 5.74) is 17.1. The highest BCUT2D eigenvalue weighted by atomic mass is 79.9. The first kappa shape index (κ1) is 37.7. The van der Waals surface area contributed by atoms with Gasteiger partial charge in [-0.3, -0.25) is 0 Å². The van der Waals surface area contributed by atoms with E-state index in [1.807, 2.05) is 72.8 Å². The predicted molar refractivity (Wildman–Crippen MR) is 262 cm³/mol. The molecule has 3 N–H and O–H groups in total. The van der Waals surface area contributed by atoms with E-state index in [9.17, 15) is 0 Å². The minimum atomic E-state index is 0.776. The van der Waals surface area contributed by atoms with E-state index >= 15 is 0 Å². The Hall–Kier alpha value is -7.60. The summed E-state index contributed by atoms with van der Waals surface area (Å²) < 4.78 is 13.1. The number of hydrogen-bond donors (Lipinski definition) is 2. The molecule has 292 valence electrons. The highest BCUT2D eigenvalue weighted by Crippen LogP contribution is 2.38. The van der Waals surface area contributed by atoms with Crippen LogP contribution >= 0.6 is 15.9 Å². The molecule has 0 aliphatic rings. The third-order valence-electron chi connectivity index (χ3n) is 11.0. The lowest BCUT2D eigenvalue weighted by Crippen LogP contribution is -1.90. The van der Waals surface area contributed by atoms with E-state index in [1.165, 1.54) is 43.6 Å². The van der Waals surface area contributed by atoms with E-state index in [1.54, 1.807) is 0 Å². The molecule has 12 rings (SSSR count). The summed E-state index contributed by atoms with van der Waals surface area (Å²) >= 11 is 3.43. The molecular formula is C56H39BrN2O2. The molecule has 10 aromatic carbocycles. The molecule has 2 heterocycles. The van der Waals surface area contributed by atoms with Crippen LogP contribution in [0.3, 0.4) is 0 Å². The average Bonchev–Trinajstić information content (AvgIpc) is 3.89. The van der Waals surface area contributed by atoms with Crippen molar-refractivity contribution in [3.05, 3.63) is 223 Å². The molecule has 61 heavy (non-hydrogen) atoms. The van der Waals surface area contributed by atoms with Crippen LogP contribution in [0.5, 0.6) is 0 Å². The second-order valence-electron chi connectivity index (χ2n) is 14.9. The number of nitrogens with two attached hydrogens (primary N) is 1. The molecule has 0 unspecified atom stereocenters. The Morgan fingerprint density at radius 1 is 0.361 bits per heavy atom. The molecule has 4 nitrogen and oxygen atoms in total. The third-order valence-corrected chi connectivity index (χ3v) is 11.5. The van der Waals surface area contributed by atoms with Crippen LogP contribution < -0.4 is 11.1 Å². The summed E-state index contributed by atoms with van der Waals surface area (Å²) in [4.78, 5) is 0. The number of para-hydroxylation sites is 2. The predicted octanol–water partition coefficient (Wildman–Crippen LogP) is 16.6. The van der Waals surface area contributed by atoms with Crippen molar-refractivity contribution in [2.75, 3.05) is 11.1 Å². The molecule has 0 saturated carbocycles. The van der Waals surface area contributed by atoms with E-state index in [2.05, 4.69) is 167 Å². The van der Waals surface area contributed by atoms with Gasteiger partial charge >= 0.3 is 0 Å². The van der Waals surface area contributed by atoms with Gasteiger partial charge in [0, 0.05) is 43.1 Å². The zero-order valence-electron chi connectivity index (χ0n) is 33.1. The maximum atomic E-state index is 6.04. The Kier molecular flexibility index (Phi) is 10.2. The molecule has 0 atom stereocenters. The topological polar surface area (TPSA) is 64.3 Å². The standard InChI is InChI=1S/C28H19NO.C18H13NO.C10H7Br/c1-2-7-21-18-23(17-12-19(21)6-1)29-22-15-13-20(14-16-22)24-9-5-11-27-28(24)25-8-3-4-10-26(25)30-27;19-13-10-8-12(9-11-13)14-5-3-7-17-18(14)15-4-1-2-6-16(15)20-17;11-10-6-5-8-3-1-2-4-9(8)7-10/h1-18,29H;1-11H,19H2;1-7H. The molecule has 2 aromatic heterocycles. The third kappa shape index (κ3) is 7.83. The molecular weight excluding hydrogens is 813 g/mol. The van der Waals surface area contributed by atoms with Gasteiger partial charge in [-0.15, -0.1) is 0 Å². The van der Waals surface area contributed by atoms with Crippen molar-refractivity contribution >= 4 is 98.4 Å². The number of hydrogen-bond acceptors (Lipinski definition) is 4. The van der Waals surface area contributed by atoms with E-state index in [0.717, 1.165) is 65.6 Å². The summed E-state index contributed by atoms with van der Waals surface area (Å²) in [7, 11) is 0. The van der Waals surface area contributed by atoms with Gasteiger partial charge in [0.05, 0.1) is 0 Å². The fraction of sp³-hybridized carbons (Fsp3) is 0. The Bertz CT molecular complexity index is 3480. The Morgan fingerprint density at radius 2 is 0.803 bits per heavy atom. The number of rotatable bonds is 4. The van der Waals surface area contributed by atoms with E-state index in [0.29, 0.717) is 0 Å². The molecule has 0 aliphatic carbocycles. The average molecular weight is 852 g/mol. The maximum absolute atomic E-state index is 6.04. The van der Waals surface area contributed by atoms with Crippen molar-refractivity contribution in [2.24, 2.45) is 0 Å². The summed E-state index contributed by atoms with van der Waals surface area (Å²) in [6.45, 7) is 0. The Labute approximate surface area is 361 Å². The SMILES string of the molecule is Brc1ccc2ccccc2c1.Nc1ccc(-c2cccc3oc4ccccc4c23)cc1.c1ccc2cc(Nc3ccc(-c4cccc5oc6ccccc6c45)cc3)ccc2c1. The molecule has 5 heteroatoms. The van der Waals surface area contributed by atoms with Gasteiger partial charge < -0.3 is 19.9 Å². The first-order valence-corrected chi connectivity index (χ1v) is 21.0. The summed E-state index contributed by atoms with van der Waals surface area (Å²) in [6, 6.07) is 74.8. The van der Waals surface area contributed by atoms with Crippen molar-refractivity contribution < 1.29 is 8.83 Å². The lowest BCUT2D eigenvalue weighted by Gasteiger charge is -2.09. The largest absolute Gasteiger partial charge is 0.456 e. The Balaban J connectivity index is 0.000000123. The number of fused-ring (bicyclic) bond motifs is 8. The van der Waals surface area contributed by atoms with Crippen molar-refractivity contribution in [3.63, 3.8) is 0 Å². The maximum Gasteiger partial charge on any atom is 0.136 e. The highest BCUT2D eigenvalue weighted by Gasteiger charge is 2.13. The molecule has 12 aromatic rings. The summed E-state index contributed by atoms with van der Waals surface area (Å²) in [6.07, 6.45) is 0. The number of benzene rings is 10. The summed E-state index contributed by atoms with van der Waals surface area (Å²) in [5.74, 6) is 0. The minimum absolute atomic E-state index is 0.776. The minimum Gasteiger partial charge on any atom is -0.456 e. The van der Waals surface area contributed by atoms with Gasteiger partial charge in [0.25, 0.3) is 0 Å². The summed E-state index contributed by atoms with van der Waals surface area (Å²) in [5, 5.41) is 13.2. The van der Waals surface area contributed by atoms with Gasteiger partial charge in [0.1, 0.15) is 22.3 Å². The number of anilines is 3. The second kappa shape index (κ2) is 16.6.